The first-order chi connectivity index (χ1) is 10.1. The largest absolute Gasteiger partial charge is 0.288 e. The summed E-state index contributed by atoms with van der Waals surface area (Å²) in [5.41, 5.74) is 2.23. The van der Waals surface area contributed by atoms with Crippen LogP contribution in [0.2, 0.25) is 10.0 Å². The van der Waals surface area contributed by atoms with E-state index in [-0.39, 0.29) is 0 Å². The van der Waals surface area contributed by atoms with Gasteiger partial charge in [0.05, 0.1) is 11.4 Å². The molecule has 4 heteroatoms. The number of hydrogen-bond donors (Lipinski definition) is 0. The zero-order valence-corrected chi connectivity index (χ0v) is 13.9. The fourth-order valence-corrected chi connectivity index (χ4v) is 2.42. The summed E-state index contributed by atoms with van der Waals surface area (Å²) in [5.74, 6) is 0. The van der Waals surface area contributed by atoms with E-state index in [1.165, 1.54) is 0 Å². The molecule has 0 radical (unpaired) electrons. The van der Waals surface area contributed by atoms with E-state index < -0.39 is 0 Å². The Kier molecular flexibility index (Phi) is 5.77. The highest BCUT2D eigenvalue weighted by atomic mass is 35.5. The second-order valence-electron chi connectivity index (χ2n) is 4.95. The summed E-state index contributed by atoms with van der Waals surface area (Å²) >= 11 is 12.0. The molecule has 0 heterocycles. The second-order valence-corrected chi connectivity index (χ2v) is 5.83. The lowest BCUT2D eigenvalue weighted by molar-refractivity contribution is 0.707. The topological polar surface area (TPSA) is 6.48 Å². The van der Waals surface area contributed by atoms with Crippen LogP contribution >= 0.6 is 23.2 Å². The van der Waals surface area contributed by atoms with Crippen LogP contribution in [0.4, 0.5) is 11.4 Å². The highest BCUT2D eigenvalue weighted by Crippen LogP contribution is 2.24. The Bertz CT molecular complexity index is 552. The summed E-state index contributed by atoms with van der Waals surface area (Å²) < 4.78 is 0. The van der Waals surface area contributed by atoms with Gasteiger partial charge < -0.3 is 0 Å². The lowest BCUT2D eigenvalue weighted by atomic mass is 10.2. The molecule has 112 valence electrons. The molecule has 0 spiro atoms. The van der Waals surface area contributed by atoms with Crippen molar-refractivity contribution in [1.82, 2.24) is 0 Å². The first-order valence-electron chi connectivity index (χ1n) is 7.14. The van der Waals surface area contributed by atoms with Crippen LogP contribution in [0.5, 0.6) is 0 Å². The van der Waals surface area contributed by atoms with E-state index in [9.17, 15) is 0 Å². The summed E-state index contributed by atoms with van der Waals surface area (Å²) in [4.78, 5) is 0. The molecular weight excluding hydrogens is 303 g/mol. The van der Waals surface area contributed by atoms with Gasteiger partial charge in [0.2, 0.25) is 0 Å². The van der Waals surface area contributed by atoms with Gasteiger partial charge in [-0.05, 0) is 55.0 Å². The standard InChI is InChI=1S/C17H20Cl2N2/c1-3-4-13-21(17-11-7-15(19)8-12-17)20(2)16-9-5-14(18)6-10-16/h5-12H,3-4,13H2,1-2H3. The summed E-state index contributed by atoms with van der Waals surface area (Å²) in [6.07, 6.45) is 2.28. The fourth-order valence-electron chi connectivity index (χ4n) is 2.17. The van der Waals surface area contributed by atoms with Gasteiger partial charge in [-0.25, -0.2) is 0 Å². The van der Waals surface area contributed by atoms with Gasteiger partial charge in [-0.3, -0.25) is 10.0 Å². The van der Waals surface area contributed by atoms with E-state index in [1.807, 2.05) is 48.5 Å². The van der Waals surface area contributed by atoms with E-state index in [4.69, 9.17) is 23.2 Å². The van der Waals surface area contributed by atoms with Gasteiger partial charge in [0.15, 0.2) is 0 Å². The van der Waals surface area contributed by atoms with Gasteiger partial charge in [0.25, 0.3) is 0 Å². The van der Waals surface area contributed by atoms with Crippen LogP contribution in [0, 0.1) is 0 Å². The van der Waals surface area contributed by atoms with Crippen LogP contribution in [0.3, 0.4) is 0 Å². The van der Waals surface area contributed by atoms with E-state index in [1.54, 1.807) is 0 Å². The van der Waals surface area contributed by atoms with E-state index in [2.05, 4.69) is 24.0 Å². The molecule has 2 nitrogen and oxygen atoms in total. The van der Waals surface area contributed by atoms with Crippen LogP contribution in [-0.4, -0.2) is 13.6 Å². The first-order valence-corrected chi connectivity index (χ1v) is 7.89. The molecule has 0 bridgehead atoms. The number of nitrogens with zero attached hydrogens (tertiary/aromatic N) is 2. The van der Waals surface area contributed by atoms with Crippen LogP contribution in [0.25, 0.3) is 0 Å². The second kappa shape index (κ2) is 7.58. The van der Waals surface area contributed by atoms with Crippen LogP contribution < -0.4 is 10.0 Å². The molecule has 0 N–H and O–H groups in total. The molecule has 0 saturated heterocycles. The predicted molar refractivity (Wildman–Crippen MR) is 93.6 cm³/mol. The lowest BCUT2D eigenvalue weighted by Gasteiger charge is -2.35. The average molecular weight is 323 g/mol. The number of benzene rings is 2. The van der Waals surface area contributed by atoms with E-state index in [0.717, 1.165) is 40.8 Å². The third kappa shape index (κ3) is 4.29. The first kappa shape index (κ1) is 16.0. The van der Waals surface area contributed by atoms with Gasteiger partial charge in [0.1, 0.15) is 0 Å². The SMILES string of the molecule is CCCCN(c1ccc(Cl)cc1)N(C)c1ccc(Cl)cc1. The molecule has 0 amide bonds. The van der Waals surface area contributed by atoms with Gasteiger partial charge >= 0.3 is 0 Å². The highest BCUT2D eigenvalue weighted by molar-refractivity contribution is 6.30. The minimum Gasteiger partial charge on any atom is -0.288 e. The number of hydrogen-bond acceptors (Lipinski definition) is 2. The monoisotopic (exact) mass is 322 g/mol. The minimum atomic E-state index is 0.749. The minimum absolute atomic E-state index is 0.749. The molecular formula is C17H20Cl2N2. The third-order valence-corrected chi connectivity index (χ3v) is 3.91. The van der Waals surface area contributed by atoms with Crippen LogP contribution in [0.1, 0.15) is 19.8 Å². The molecule has 0 aliphatic heterocycles. The van der Waals surface area contributed by atoms with Crippen molar-refractivity contribution in [3.63, 3.8) is 0 Å². The van der Waals surface area contributed by atoms with Crippen molar-refractivity contribution >= 4 is 34.6 Å². The van der Waals surface area contributed by atoms with Gasteiger partial charge in [-0.15, -0.1) is 0 Å². The van der Waals surface area contributed by atoms with Crippen molar-refractivity contribution in [2.45, 2.75) is 19.8 Å². The Hall–Kier alpha value is -1.38. The molecule has 0 fully saturated rings. The van der Waals surface area contributed by atoms with Gasteiger partial charge in [0, 0.05) is 23.6 Å². The molecule has 0 aliphatic rings. The van der Waals surface area contributed by atoms with Gasteiger partial charge in [-0.2, -0.15) is 0 Å². The maximum absolute atomic E-state index is 5.99. The van der Waals surface area contributed by atoms with Crippen molar-refractivity contribution in [1.29, 1.82) is 0 Å². The van der Waals surface area contributed by atoms with E-state index >= 15 is 0 Å². The maximum Gasteiger partial charge on any atom is 0.0575 e. The third-order valence-electron chi connectivity index (χ3n) is 3.41. The summed E-state index contributed by atoms with van der Waals surface area (Å²) in [5, 5.41) is 5.90. The summed E-state index contributed by atoms with van der Waals surface area (Å²) in [6.45, 7) is 3.15. The molecule has 0 aromatic heterocycles. The van der Waals surface area contributed by atoms with E-state index in [0.29, 0.717) is 0 Å². The molecule has 2 rings (SSSR count). The molecule has 2 aromatic rings. The summed E-state index contributed by atoms with van der Waals surface area (Å²) in [7, 11) is 2.06. The van der Waals surface area contributed by atoms with Crippen molar-refractivity contribution in [3.8, 4) is 0 Å². The number of rotatable bonds is 6. The molecule has 0 saturated carbocycles. The Morgan fingerprint density at radius 2 is 1.29 bits per heavy atom. The normalized spacial score (nSPS) is 10.5. The quantitative estimate of drug-likeness (QED) is 0.634. The smallest absolute Gasteiger partial charge is 0.0575 e. The Balaban J connectivity index is 2.26. The molecule has 0 atom stereocenters. The van der Waals surface area contributed by atoms with Crippen LogP contribution in [0.15, 0.2) is 48.5 Å². The molecule has 0 unspecified atom stereocenters. The number of halogens is 2. The van der Waals surface area contributed by atoms with Crippen molar-refractivity contribution in [3.05, 3.63) is 58.6 Å². The number of unbranched alkanes of at least 4 members (excludes halogenated alkanes) is 1. The fraction of sp³-hybridized carbons (Fsp3) is 0.294. The van der Waals surface area contributed by atoms with Crippen molar-refractivity contribution in [2.75, 3.05) is 23.6 Å². The lowest BCUT2D eigenvalue weighted by Crippen LogP contribution is -2.40. The van der Waals surface area contributed by atoms with Crippen molar-refractivity contribution < 1.29 is 0 Å². The zero-order valence-electron chi connectivity index (χ0n) is 12.4. The Morgan fingerprint density at radius 1 is 0.810 bits per heavy atom. The van der Waals surface area contributed by atoms with Gasteiger partial charge in [-0.1, -0.05) is 36.5 Å². The molecule has 2 aromatic carbocycles. The predicted octanol–water partition coefficient (Wildman–Crippen LogP) is 5.65. The average Bonchev–Trinajstić information content (AvgIpc) is 2.50. The Morgan fingerprint density at radius 3 is 1.76 bits per heavy atom. The number of hydrazine groups is 1. The summed E-state index contributed by atoms with van der Waals surface area (Å²) in [6, 6.07) is 15.8. The molecule has 0 aliphatic carbocycles. The zero-order chi connectivity index (χ0) is 15.2. The maximum atomic E-state index is 5.99. The van der Waals surface area contributed by atoms with Crippen LogP contribution in [-0.2, 0) is 0 Å². The molecule has 21 heavy (non-hydrogen) atoms. The highest BCUT2D eigenvalue weighted by Gasteiger charge is 2.12. The van der Waals surface area contributed by atoms with Crippen molar-refractivity contribution in [2.24, 2.45) is 0 Å². The number of anilines is 2. The Labute approximate surface area is 136 Å².